The van der Waals surface area contributed by atoms with E-state index in [1.807, 2.05) is 0 Å². The lowest BCUT2D eigenvalue weighted by molar-refractivity contribution is -0.108. The van der Waals surface area contributed by atoms with E-state index >= 15 is 0 Å². The molecule has 1 spiro atoms. The van der Waals surface area contributed by atoms with Crippen LogP contribution in [-0.2, 0) is 9.47 Å². The monoisotopic (exact) mass is 313 g/mol. The van der Waals surface area contributed by atoms with Crippen molar-refractivity contribution >= 4 is 11.8 Å². The average Bonchev–Trinajstić information content (AvgIpc) is 2.46. The molecule has 4 heteroatoms. The molecule has 1 saturated carbocycles. The Bertz CT molecular complexity index is 321. The molecule has 0 aromatic carbocycles. The number of nitrogens with two attached hydrogens (primary N) is 1. The Morgan fingerprint density at radius 1 is 1.33 bits per heavy atom. The van der Waals surface area contributed by atoms with Crippen LogP contribution in [0.15, 0.2) is 0 Å². The van der Waals surface area contributed by atoms with Crippen molar-refractivity contribution in [1.82, 2.24) is 0 Å². The van der Waals surface area contributed by atoms with E-state index in [4.69, 9.17) is 15.2 Å². The molecule has 0 radical (unpaired) electrons. The molecule has 122 valence electrons. The maximum atomic E-state index is 6.57. The molecular weight excluding hydrogens is 282 g/mol. The molecule has 2 heterocycles. The van der Waals surface area contributed by atoms with Crippen LogP contribution in [0.1, 0.15) is 51.9 Å². The van der Waals surface area contributed by atoms with Crippen LogP contribution in [0.3, 0.4) is 0 Å². The van der Waals surface area contributed by atoms with Crippen molar-refractivity contribution in [1.29, 1.82) is 0 Å². The molecule has 2 N–H and O–H groups in total. The first-order chi connectivity index (χ1) is 10.2. The summed E-state index contributed by atoms with van der Waals surface area (Å²) in [6.07, 6.45) is 9.00. The molecule has 1 aliphatic carbocycles. The van der Waals surface area contributed by atoms with Gasteiger partial charge >= 0.3 is 0 Å². The van der Waals surface area contributed by atoms with E-state index in [1.54, 1.807) is 0 Å². The fourth-order valence-electron chi connectivity index (χ4n) is 4.34. The van der Waals surface area contributed by atoms with Gasteiger partial charge < -0.3 is 15.2 Å². The highest BCUT2D eigenvalue weighted by Gasteiger charge is 2.41. The molecule has 0 bridgehead atoms. The molecule has 0 amide bonds. The van der Waals surface area contributed by atoms with Gasteiger partial charge in [-0.05, 0) is 75.2 Å². The number of hydrogen-bond donors (Lipinski definition) is 1. The normalized spacial score (nSPS) is 37.1. The summed E-state index contributed by atoms with van der Waals surface area (Å²) in [5.41, 5.74) is 6.75. The van der Waals surface area contributed by atoms with Crippen LogP contribution in [0.2, 0.25) is 0 Å². The fourth-order valence-corrected chi connectivity index (χ4v) is 5.58. The molecular formula is C17H31NO2S. The lowest BCUT2D eigenvalue weighted by atomic mass is 9.72. The summed E-state index contributed by atoms with van der Waals surface area (Å²) in [6.45, 7) is 3.86. The summed E-state index contributed by atoms with van der Waals surface area (Å²) < 4.78 is 11.9. The Morgan fingerprint density at radius 2 is 2.10 bits per heavy atom. The van der Waals surface area contributed by atoms with Gasteiger partial charge in [-0.25, -0.2) is 0 Å². The van der Waals surface area contributed by atoms with E-state index in [0.717, 1.165) is 25.6 Å². The van der Waals surface area contributed by atoms with E-state index in [1.165, 1.54) is 50.0 Å². The van der Waals surface area contributed by atoms with Crippen molar-refractivity contribution in [2.75, 3.05) is 24.7 Å². The van der Waals surface area contributed by atoms with Crippen molar-refractivity contribution in [3.8, 4) is 0 Å². The van der Waals surface area contributed by atoms with E-state index in [0.29, 0.717) is 18.1 Å². The topological polar surface area (TPSA) is 44.5 Å². The smallest absolute Gasteiger partial charge is 0.0701 e. The van der Waals surface area contributed by atoms with Crippen LogP contribution in [0, 0.1) is 11.8 Å². The molecule has 3 aliphatic rings. The number of ether oxygens (including phenoxy) is 2. The van der Waals surface area contributed by atoms with E-state index in [2.05, 4.69) is 18.7 Å². The first kappa shape index (κ1) is 16.1. The van der Waals surface area contributed by atoms with Gasteiger partial charge in [-0.2, -0.15) is 11.8 Å². The van der Waals surface area contributed by atoms with Crippen LogP contribution >= 0.6 is 11.8 Å². The van der Waals surface area contributed by atoms with Crippen LogP contribution < -0.4 is 5.73 Å². The summed E-state index contributed by atoms with van der Waals surface area (Å²) in [4.78, 5) is 0. The van der Waals surface area contributed by atoms with Gasteiger partial charge in [0.1, 0.15) is 0 Å². The quantitative estimate of drug-likeness (QED) is 0.846. The van der Waals surface area contributed by atoms with Gasteiger partial charge in [0.05, 0.1) is 11.7 Å². The van der Waals surface area contributed by atoms with Gasteiger partial charge in [0.2, 0.25) is 0 Å². The molecule has 3 fully saturated rings. The highest BCUT2D eigenvalue weighted by atomic mass is 32.2. The molecule has 2 saturated heterocycles. The summed E-state index contributed by atoms with van der Waals surface area (Å²) in [5.74, 6) is 4.01. The van der Waals surface area contributed by atoms with E-state index < -0.39 is 0 Å². The zero-order chi connectivity index (χ0) is 14.7. The van der Waals surface area contributed by atoms with Crippen molar-refractivity contribution in [2.24, 2.45) is 17.6 Å². The molecule has 0 aromatic heterocycles. The third-order valence-corrected chi connectivity index (χ3v) is 6.73. The van der Waals surface area contributed by atoms with Gasteiger partial charge in [-0.3, -0.25) is 0 Å². The predicted octanol–water partition coefficient (Wildman–Crippen LogP) is 3.21. The third-order valence-electron chi connectivity index (χ3n) is 5.74. The second-order valence-electron chi connectivity index (χ2n) is 7.21. The van der Waals surface area contributed by atoms with Gasteiger partial charge in [0.15, 0.2) is 0 Å². The SMILES string of the molecule is CCOC1CC(CC(N)C2CCOC3(CCSCC3)C2)C1. The first-order valence-corrected chi connectivity index (χ1v) is 9.95. The first-order valence-electron chi connectivity index (χ1n) is 8.79. The third kappa shape index (κ3) is 3.95. The highest BCUT2D eigenvalue weighted by molar-refractivity contribution is 7.99. The molecule has 3 rings (SSSR count). The summed E-state index contributed by atoms with van der Waals surface area (Å²) >= 11 is 2.08. The van der Waals surface area contributed by atoms with E-state index in [9.17, 15) is 0 Å². The minimum atomic E-state index is 0.180. The van der Waals surface area contributed by atoms with E-state index in [-0.39, 0.29) is 5.60 Å². The fraction of sp³-hybridized carbons (Fsp3) is 1.00. The summed E-state index contributed by atoms with van der Waals surface area (Å²) in [7, 11) is 0. The highest BCUT2D eigenvalue weighted by Crippen LogP contribution is 2.42. The second-order valence-corrected chi connectivity index (χ2v) is 8.44. The maximum Gasteiger partial charge on any atom is 0.0701 e. The number of thioether (sulfide) groups is 1. The molecule has 2 atom stereocenters. The van der Waals surface area contributed by atoms with Crippen LogP contribution in [0.5, 0.6) is 0 Å². The lowest BCUT2D eigenvalue weighted by Crippen LogP contribution is -2.48. The average molecular weight is 314 g/mol. The Morgan fingerprint density at radius 3 is 2.81 bits per heavy atom. The van der Waals surface area contributed by atoms with Crippen molar-refractivity contribution in [2.45, 2.75) is 69.6 Å². The Hall–Kier alpha value is 0.230. The Kier molecular flexibility index (Phi) is 5.52. The van der Waals surface area contributed by atoms with Gasteiger partial charge in [0, 0.05) is 19.3 Å². The van der Waals surface area contributed by atoms with Gasteiger partial charge in [0.25, 0.3) is 0 Å². The minimum Gasteiger partial charge on any atom is -0.378 e. The molecule has 21 heavy (non-hydrogen) atoms. The molecule has 2 unspecified atom stereocenters. The number of rotatable bonds is 5. The predicted molar refractivity (Wildman–Crippen MR) is 88.7 cm³/mol. The molecule has 2 aliphatic heterocycles. The molecule has 3 nitrogen and oxygen atoms in total. The van der Waals surface area contributed by atoms with Crippen molar-refractivity contribution < 1.29 is 9.47 Å². The summed E-state index contributed by atoms with van der Waals surface area (Å²) in [5, 5.41) is 0. The largest absolute Gasteiger partial charge is 0.378 e. The second kappa shape index (κ2) is 7.20. The van der Waals surface area contributed by atoms with Gasteiger partial charge in [-0.1, -0.05) is 0 Å². The lowest BCUT2D eigenvalue weighted by Gasteiger charge is -2.46. The minimum absolute atomic E-state index is 0.180. The standard InChI is InChI=1S/C17H31NO2S/c1-2-19-15-9-13(10-15)11-16(18)14-3-6-20-17(12-14)4-7-21-8-5-17/h13-16H,2-12,18H2,1H3. The zero-order valence-corrected chi connectivity index (χ0v) is 14.2. The Balaban J connectivity index is 1.45. The summed E-state index contributed by atoms with van der Waals surface area (Å²) in [6, 6.07) is 0.368. The van der Waals surface area contributed by atoms with Crippen LogP contribution in [0.25, 0.3) is 0 Å². The zero-order valence-electron chi connectivity index (χ0n) is 13.4. The van der Waals surface area contributed by atoms with Crippen LogP contribution in [-0.4, -0.2) is 42.5 Å². The maximum absolute atomic E-state index is 6.57. The van der Waals surface area contributed by atoms with Crippen molar-refractivity contribution in [3.05, 3.63) is 0 Å². The molecule has 0 aromatic rings. The van der Waals surface area contributed by atoms with Gasteiger partial charge in [-0.15, -0.1) is 0 Å². The van der Waals surface area contributed by atoms with Crippen LogP contribution in [0.4, 0.5) is 0 Å². The Labute approximate surface area is 133 Å². The van der Waals surface area contributed by atoms with Crippen molar-refractivity contribution in [3.63, 3.8) is 0 Å². The number of hydrogen-bond acceptors (Lipinski definition) is 4.